The zero-order valence-corrected chi connectivity index (χ0v) is 12.1. The second kappa shape index (κ2) is 7.26. The SMILES string of the molecule is CCOc1ccc(OC(=O)CN2CCNC[C@@H]2C)cc1. The normalized spacial score (nSPS) is 19.6. The van der Waals surface area contributed by atoms with Crippen molar-refractivity contribution >= 4 is 5.97 Å². The van der Waals surface area contributed by atoms with E-state index in [-0.39, 0.29) is 5.97 Å². The quantitative estimate of drug-likeness (QED) is 0.649. The average Bonchev–Trinajstić information content (AvgIpc) is 2.44. The predicted molar refractivity (Wildman–Crippen MR) is 77.2 cm³/mol. The van der Waals surface area contributed by atoms with Crippen LogP contribution in [0.25, 0.3) is 0 Å². The van der Waals surface area contributed by atoms with E-state index in [0.29, 0.717) is 24.9 Å². The Balaban J connectivity index is 1.84. The molecule has 0 radical (unpaired) electrons. The van der Waals surface area contributed by atoms with Gasteiger partial charge in [0.25, 0.3) is 0 Å². The summed E-state index contributed by atoms with van der Waals surface area (Å²) in [6.45, 7) is 7.70. The third-order valence-electron chi connectivity index (χ3n) is 3.34. The van der Waals surface area contributed by atoms with Gasteiger partial charge < -0.3 is 14.8 Å². The van der Waals surface area contributed by atoms with Gasteiger partial charge in [-0.1, -0.05) is 0 Å². The Morgan fingerprint density at radius 3 is 2.70 bits per heavy atom. The van der Waals surface area contributed by atoms with Crippen molar-refractivity contribution in [3.8, 4) is 11.5 Å². The third-order valence-corrected chi connectivity index (χ3v) is 3.34. The Morgan fingerprint density at radius 1 is 1.35 bits per heavy atom. The van der Waals surface area contributed by atoms with Gasteiger partial charge >= 0.3 is 5.97 Å². The molecule has 1 atom stereocenters. The van der Waals surface area contributed by atoms with Gasteiger partial charge in [0.1, 0.15) is 11.5 Å². The molecule has 0 unspecified atom stereocenters. The number of nitrogens with zero attached hydrogens (tertiary/aromatic N) is 1. The van der Waals surface area contributed by atoms with Gasteiger partial charge in [0, 0.05) is 25.7 Å². The van der Waals surface area contributed by atoms with Crippen LogP contribution in [-0.2, 0) is 4.79 Å². The Morgan fingerprint density at radius 2 is 2.05 bits per heavy atom. The number of carbonyl (C=O) groups excluding carboxylic acids is 1. The molecular formula is C15H22N2O3. The first-order chi connectivity index (χ1) is 9.69. The van der Waals surface area contributed by atoms with E-state index in [2.05, 4.69) is 17.1 Å². The maximum atomic E-state index is 11.9. The molecule has 0 amide bonds. The zero-order valence-electron chi connectivity index (χ0n) is 12.1. The van der Waals surface area contributed by atoms with Crippen molar-refractivity contribution in [1.82, 2.24) is 10.2 Å². The summed E-state index contributed by atoms with van der Waals surface area (Å²) in [5, 5.41) is 3.30. The molecule has 110 valence electrons. The lowest BCUT2D eigenvalue weighted by molar-refractivity contribution is -0.136. The van der Waals surface area contributed by atoms with Gasteiger partial charge in [-0.3, -0.25) is 9.69 Å². The summed E-state index contributed by atoms with van der Waals surface area (Å²) in [6, 6.07) is 7.48. The summed E-state index contributed by atoms with van der Waals surface area (Å²) in [5.74, 6) is 1.12. The van der Waals surface area contributed by atoms with Crippen molar-refractivity contribution in [2.45, 2.75) is 19.9 Å². The lowest BCUT2D eigenvalue weighted by atomic mass is 10.2. The highest BCUT2D eigenvalue weighted by molar-refractivity contribution is 5.74. The van der Waals surface area contributed by atoms with Crippen molar-refractivity contribution in [3.63, 3.8) is 0 Å². The molecule has 1 aliphatic heterocycles. The molecule has 1 N–H and O–H groups in total. The maximum absolute atomic E-state index is 11.9. The third kappa shape index (κ3) is 4.21. The molecule has 1 aromatic rings. The Bertz CT molecular complexity index is 433. The van der Waals surface area contributed by atoms with Crippen LogP contribution >= 0.6 is 0 Å². The summed E-state index contributed by atoms with van der Waals surface area (Å²) >= 11 is 0. The molecule has 2 rings (SSSR count). The van der Waals surface area contributed by atoms with Crippen molar-refractivity contribution < 1.29 is 14.3 Å². The molecule has 20 heavy (non-hydrogen) atoms. The van der Waals surface area contributed by atoms with Crippen LogP contribution in [0.4, 0.5) is 0 Å². The molecule has 0 aromatic heterocycles. The summed E-state index contributed by atoms with van der Waals surface area (Å²) in [6.07, 6.45) is 0. The predicted octanol–water partition coefficient (Wildman–Crippen LogP) is 1.28. The van der Waals surface area contributed by atoms with Crippen LogP contribution in [-0.4, -0.2) is 49.7 Å². The fourth-order valence-corrected chi connectivity index (χ4v) is 2.22. The zero-order chi connectivity index (χ0) is 14.4. The number of hydrogen-bond donors (Lipinski definition) is 1. The second-order valence-electron chi connectivity index (χ2n) is 4.90. The molecule has 0 spiro atoms. The Kier molecular flexibility index (Phi) is 5.38. The highest BCUT2D eigenvalue weighted by Crippen LogP contribution is 2.17. The summed E-state index contributed by atoms with van der Waals surface area (Å²) in [4.78, 5) is 14.1. The Hall–Kier alpha value is -1.59. The molecule has 0 aliphatic carbocycles. The fourth-order valence-electron chi connectivity index (χ4n) is 2.22. The monoisotopic (exact) mass is 278 g/mol. The van der Waals surface area contributed by atoms with Crippen LogP contribution in [0.5, 0.6) is 11.5 Å². The van der Waals surface area contributed by atoms with Crippen molar-refractivity contribution in [3.05, 3.63) is 24.3 Å². The molecule has 1 aromatic carbocycles. The number of ether oxygens (including phenoxy) is 2. The van der Waals surface area contributed by atoms with Gasteiger partial charge in [0.2, 0.25) is 0 Å². The van der Waals surface area contributed by atoms with Gasteiger partial charge in [0.15, 0.2) is 0 Å². The maximum Gasteiger partial charge on any atom is 0.325 e. The van der Waals surface area contributed by atoms with E-state index in [0.717, 1.165) is 25.4 Å². The fraction of sp³-hybridized carbons (Fsp3) is 0.533. The van der Waals surface area contributed by atoms with Crippen LogP contribution < -0.4 is 14.8 Å². The first-order valence-electron chi connectivity index (χ1n) is 7.07. The Labute approximate surface area is 119 Å². The second-order valence-corrected chi connectivity index (χ2v) is 4.90. The standard InChI is InChI=1S/C15H22N2O3/c1-3-19-13-4-6-14(7-5-13)20-15(18)11-17-9-8-16-10-12(17)2/h4-7,12,16H,3,8-11H2,1-2H3/t12-/m0/s1. The smallest absolute Gasteiger partial charge is 0.325 e. The highest BCUT2D eigenvalue weighted by Gasteiger charge is 2.21. The first-order valence-corrected chi connectivity index (χ1v) is 7.07. The molecule has 0 bridgehead atoms. The number of rotatable bonds is 5. The van der Waals surface area contributed by atoms with Gasteiger partial charge in [0.05, 0.1) is 13.2 Å². The number of esters is 1. The number of nitrogens with one attached hydrogen (secondary N) is 1. The van der Waals surface area contributed by atoms with E-state index < -0.39 is 0 Å². The minimum atomic E-state index is -0.220. The van der Waals surface area contributed by atoms with E-state index in [1.54, 1.807) is 24.3 Å². The first kappa shape index (κ1) is 14.8. The van der Waals surface area contributed by atoms with Gasteiger partial charge in [-0.05, 0) is 38.1 Å². The van der Waals surface area contributed by atoms with Crippen LogP contribution in [0.1, 0.15) is 13.8 Å². The molecule has 1 fully saturated rings. The van der Waals surface area contributed by atoms with Crippen LogP contribution in [0.2, 0.25) is 0 Å². The molecule has 5 heteroatoms. The van der Waals surface area contributed by atoms with Gasteiger partial charge in [-0.2, -0.15) is 0 Å². The number of benzene rings is 1. The van der Waals surface area contributed by atoms with Crippen molar-refractivity contribution in [1.29, 1.82) is 0 Å². The number of hydrogen-bond acceptors (Lipinski definition) is 5. The topological polar surface area (TPSA) is 50.8 Å². The van der Waals surface area contributed by atoms with Crippen molar-refractivity contribution in [2.24, 2.45) is 0 Å². The van der Waals surface area contributed by atoms with E-state index in [4.69, 9.17) is 9.47 Å². The summed E-state index contributed by atoms with van der Waals surface area (Å²) < 4.78 is 10.7. The molecular weight excluding hydrogens is 256 g/mol. The largest absolute Gasteiger partial charge is 0.494 e. The van der Waals surface area contributed by atoms with Gasteiger partial charge in [-0.15, -0.1) is 0 Å². The number of piperazine rings is 1. The molecule has 5 nitrogen and oxygen atoms in total. The average molecular weight is 278 g/mol. The highest BCUT2D eigenvalue weighted by atomic mass is 16.5. The minimum Gasteiger partial charge on any atom is -0.494 e. The van der Waals surface area contributed by atoms with E-state index in [9.17, 15) is 4.79 Å². The molecule has 1 aliphatic rings. The lowest BCUT2D eigenvalue weighted by Gasteiger charge is -2.32. The van der Waals surface area contributed by atoms with Crippen LogP contribution in [0.15, 0.2) is 24.3 Å². The molecule has 1 saturated heterocycles. The van der Waals surface area contributed by atoms with E-state index >= 15 is 0 Å². The minimum absolute atomic E-state index is 0.220. The van der Waals surface area contributed by atoms with Gasteiger partial charge in [-0.25, -0.2) is 0 Å². The molecule has 0 saturated carbocycles. The van der Waals surface area contributed by atoms with E-state index in [1.165, 1.54) is 0 Å². The number of carbonyl (C=O) groups is 1. The van der Waals surface area contributed by atoms with Crippen LogP contribution in [0, 0.1) is 0 Å². The molecule has 1 heterocycles. The summed E-state index contributed by atoms with van der Waals surface area (Å²) in [7, 11) is 0. The summed E-state index contributed by atoms with van der Waals surface area (Å²) in [5.41, 5.74) is 0. The van der Waals surface area contributed by atoms with E-state index in [1.807, 2.05) is 6.92 Å². The van der Waals surface area contributed by atoms with Crippen LogP contribution in [0.3, 0.4) is 0 Å². The van der Waals surface area contributed by atoms with Crippen molar-refractivity contribution in [2.75, 3.05) is 32.8 Å². The lowest BCUT2D eigenvalue weighted by Crippen LogP contribution is -2.51.